The summed E-state index contributed by atoms with van der Waals surface area (Å²) in [6, 6.07) is 7.47. The van der Waals surface area contributed by atoms with Crippen molar-refractivity contribution in [3.63, 3.8) is 0 Å². The quantitative estimate of drug-likeness (QED) is 0.848. The van der Waals surface area contributed by atoms with Crippen molar-refractivity contribution in [2.75, 3.05) is 7.05 Å². The first-order chi connectivity index (χ1) is 9.43. The van der Waals surface area contributed by atoms with Crippen molar-refractivity contribution >= 4 is 10.0 Å². The van der Waals surface area contributed by atoms with Gasteiger partial charge in [0.2, 0.25) is 10.0 Å². The van der Waals surface area contributed by atoms with Gasteiger partial charge in [-0.05, 0) is 43.0 Å². The number of nitrogens with one attached hydrogen (secondary N) is 2. The molecule has 1 heterocycles. The topological polar surface area (TPSA) is 62.0 Å². The molecule has 4 nitrogen and oxygen atoms in total. The molecule has 0 saturated heterocycles. The lowest BCUT2D eigenvalue weighted by atomic mass is 10.0. The molecule has 0 unspecified atom stereocenters. The Morgan fingerprint density at radius 2 is 1.90 bits per heavy atom. The lowest BCUT2D eigenvalue weighted by Gasteiger charge is -2.03. The summed E-state index contributed by atoms with van der Waals surface area (Å²) in [7, 11) is -1.81. The average Bonchev–Trinajstić information content (AvgIpc) is 2.49. The third-order valence-electron chi connectivity index (χ3n) is 2.96. The van der Waals surface area contributed by atoms with E-state index < -0.39 is 10.0 Å². The molecule has 20 heavy (non-hydrogen) atoms. The van der Waals surface area contributed by atoms with E-state index in [1.54, 1.807) is 12.3 Å². The molecular formula is C15H24N2O2S. The highest BCUT2D eigenvalue weighted by Crippen LogP contribution is 2.08. The molecule has 0 atom stereocenters. The Bertz CT molecular complexity index is 561. The number of H-pyrrole nitrogens is 1. The Kier molecular flexibility index (Phi) is 6.75. The smallest absolute Gasteiger partial charge is 0.215 e. The molecular weight excluding hydrogens is 272 g/mol. The fourth-order valence-corrected chi connectivity index (χ4v) is 2.47. The van der Waals surface area contributed by atoms with E-state index in [0.717, 1.165) is 24.0 Å². The molecule has 0 aromatic carbocycles. The second-order valence-corrected chi connectivity index (χ2v) is 7.14. The van der Waals surface area contributed by atoms with Gasteiger partial charge in [0.05, 0.1) is 5.75 Å². The van der Waals surface area contributed by atoms with Crippen molar-refractivity contribution in [2.24, 2.45) is 5.92 Å². The third kappa shape index (κ3) is 6.73. The predicted octanol–water partition coefficient (Wildman–Crippen LogP) is 2.78. The standard InChI is InChI=1S/C15H24N2O2S/c1-13(2)6-7-14-8-9-15(5-4-10-17-11-14)12-20(18,19)16-3/h4-5,8-11,13,16-17H,6-7,12H2,1-3H3. The van der Waals surface area contributed by atoms with Crippen LogP contribution in [-0.4, -0.2) is 20.4 Å². The lowest BCUT2D eigenvalue weighted by Crippen LogP contribution is -2.20. The van der Waals surface area contributed by atoms with Crippen molar-refractivity contribution in [1.29, 1.82) is 0 Å². The van der Waals surface area contributed by atoms with Gasteiger partial charge in [-0.15, -0.1) is 0 Å². The van der Waals surface area contributed by atoms with Crippen LogP contribution in [0, 0.1) is 5.92 Å². The van der Waals surface area contributed by atoms with Crippen LogP contribution in [0.25, 0.3) is 0 Å². The molecule has 0 amide bonds. The third-order valence-corrected chi connectivity index (χ3v) is 4.30. The molecule has 0 aliphatic carbocycles. The minimum Gasteiger partial charge on any atom is -0.367 e. The second-order valence-electron chi connectivity index (χ2n) is 5.22. The fraction of sp³-hybridized carbons (Fsp3) is 0.467. The zero-order valence-corrected chi connectivity index (χ0v) is 13.2. The minimum atomic E-state index is -3.25. The Labute approximate surface area is 122 Å². The zero-order valence-electron chi connectivity index (χ0n) is 12.4. The van der Waals surface area contributed by atoms with Gasteiger partial charge in [-0.1, -0.05) is 32.0 Å². The van der Waals surface area contributed by atoms with Gasteiger partial charge >= 0.3 is 0 Å². The molecule has 1 aromatic heterocycles. The number of aromatic amines is 1. The maximum atomic E-state index is 11.6. The number of sulfonamides is 1. The van der Waals surface area contributed by atoms with Gasteiger partial charge in [0.1, 0.15) is 0 Å². The predicted molar refractivity (Wildman–Crippen MR) is 83.3 cm³/mol. The van der Waals surface area contributed by atoms with Crippen LogP contribution >= 0.6 is 0 Å². The van der Waals surface area contributed by atoms with E-state index in [2.05, 4.69) is 23.6 Å². The summed E-state index contributed by atoms with van der Waals surface area (Å²) in [5.74, 6) is 0.633. The van der Waals surface area contributed by atoms with Crippen molar-refractivity contribution in [1.82, 2.24) is 9.71 Å². The Hall–Kier alpha value is -1.33. The summed E-state index contributed by atoms with van der Waals surface area (Å²) in [4.78, 5) is 3.09. The van der Waals surface area contributed by atoms with Crippen molar-refractivity contribution in [3.8, 4) is 0 Å². The highest BCUT2D eigenvalue weighted by Gasteiger charge is 2.06. The normalized spacial score (nSPS) is 11.4. The van der Waals surface area contributed by atoms with Crippen molar-refractivity contribution < 1.29 is 8.42 Å². The lowest BCUT2D eigenvalue weighted by molar-refractivity contribution is 0.586. The van der Waals surface area contributed by atoms with E-state index in [4.69, 9.17) is 0 Å². The molecule has 1 aromatic rings. The number of hydrogen-bond acceptors (Lipinski definition) is 2. The average molecular weight is 296 g/mol. The van der Waals surface area contributed by atoms with E-state index in [1.807, 2.05) is 24.4 Å². The van der Waals surface area contributed by atoms with Gasteiger partial charge in [-0.3, -0.25) is 0 Å². The van der Waals surface area contributed by atoms with Gasteiger partial charge in [0.25, 0.3) is 0 Å². The maximum Gasteiger partial charge on any atom is 0.215 e. The highest BCUT2D eigenvalue weighted by atomic mass is 32.2. The van der Waals surface area contributed by atoms with Crippen LogP contribution < -0.4 is 4.72 Å². The SMILES string of the molecule is CNS(=O)(=O)Cc1ccc[nH]cc(CCC(C)C)cc1. The van der Waals surface area contributed by atoms with Crippen LogP contribution in [-0.2, 0) is 22.2 Å². The number of rotatable bonds is 6. The summed E-state index contributed by atoms with van der Waals surface area (Å²) in [5.41, 5.74) is 1.92. The van der Waals surface area contributed by atoms with Gasteiger partial charge in [0, 0.05) is 12.4 Å². The first-order valence-electron chi connectivity index (χ1n) is 6.83. The number of aromatic nitrogens is 1. The van der Waals surface area contributed by atoms with E-state index in [1.165, 1.54) is 7.05 Å². The van der Waals surface area contributed by atoms with Gasteiger partial charge < -0.3 is 4.98 Å². The summed E-state index contributed by atoms with van der Waals surface area (Å²) in [5, 5.41) is 0. The van der Waals surface area contributed by atoms with Crippen LogP contribution in [0.1, 0.15) is 31.4 Å². The summed E-state index contributed by atoms with van der Waals surface area (Å²) >= 11 is 0. The van der Waals surface area contributed by atoms with Crippen LogP contribution in [0.3, 0.4) is 0 Å². The van der Waals surface area contributed by atoms with Gasteiger partial charge in [0.15, 0.2) is 0 Å². The fourth-order valence-electron chi connectivity index (χ4n) is 1.70. The molecule has 0 bridgehead atoms. The molecule has 0 fully saturated rings. The number of hydrogen-bond donors (Lipinski definition) is 2. The first kappa shape index (κ1) is 16.7. The Balaban J connectivity index is 3.01. The largest absolute Gasteiger partial charge is 0.367 e. The molecule has 0 saturated carbocycles. The van der Waals surface area contributed by atoms with Gasteiger partial charge in [-0.2, -0.15) is 0 Å². The monoisotopic (exact) mass is 296 g/mol. The van der Waals surface area contributed by atoms with Crippen molar-refractivity contribution in [2.45, 2.75) is 32.4 Å². The molecule has 2 N–H and O–H groups in total. The Morgan fingerprint density at radius 3 is 2.55 bits per heavy atom. The number of aryl methyl sites for hydroxylation is 1. The molecule has 0 aliphatic rings. The van der Waals surface area contributed by atoms with E-state index >= 15 is 0 Å². The van der Waals surface area contributed by atoms with Crippen LogP contribution in [0.4, 0.5) is 0 Å². The highest BCUT2D eigenvalue weighted by molar-refractivity contribution is 7.88. The molecule has 0 radical (unpaired) electrons. The van der Waals surface area contributed by atoms with Crippen molar-refractivity contribution in [3.05, 3.63) is 47.8 Å². The minimum absolute atomic E-state index is 0.0121. The molecule has 5 heteroatoms. The first-order valence-corrected chi connectivity index (χ1v) is 8.48. The molecule has 112 valence electrons. The maximum absolute atomic E-state index is 11.6. The zero-order chi connectivity index (χ0) is 15.0. The van der Waals surface area contributed by atoms with E-state index in [0.29, 0.717) is 5.92 Å². The Morgan fingerprint density at radius 1 is 1.20 bits per heavy atom. The molecule has 0 aliphatic heterocycles. The van der Waals surface area contributed by atoms with E-state index in [9.17, 15) is 8.42 Å². The summed E-state index contributed by atoms with van der Waals surface area (Å²) < 4.78 is 25.6. The summed E-state index contributed by atoms with van der Waals surface area (Å²) in [6.45, 7) is 4.38. The second kappa shape index (κ2) is 8.07. The molecule has 1 rings (SSSR count). The van der Waals surface area contributed by atoms with Crippen LogP contribution in [0.2, 0.25) is 0 Å². The van der Waals surface area contributed by atoms with Gasteiger partial charge in [-0.25, -0.2) is 13.1 Å². The summed E-state index contributed by atoms with van der Waals surface area (Å²) in [6.07, 6.45) is 5.84. The van der Waals surface area contributed by atoms with E-state index in [-0.39, 0.29) is 5.75 Å². The molecule has 0 spiro atoms. The van der Waals surface area contributed by atoms with Crippen LogP contribution in [0.15, 0.2) is 36.7 Å². The van der Waals surface area contributed by atoms with Crippen LogP contribution in [0.5, 0.6) is 0 Å².